The molecule has 3 fully saturated rings. The number of allylic oxidation sites excluding steroid dienone is 1. The summed E-state index contributed by atoms with van der Waals surface area (Å²) < 4.78 is 4.92. The van der Waals surface area contributed by atoms with E-state index in [1.165, 1.54) is 12.7 Å². The normalized spacial score (nSPS) is 50.3. The average Bonchev–Trinajstić information content (AvgIpc) is 2.86. The maximum Gasteiger partial charge on any atom is 0.338 e. The van der Waals surface area contributed by atoms with E-state index < -0.39 is 23.1 Å². The van der Waals surface area contributed by atoms with E-state index in [9.17, 15) is 19.8 Å². The number of ether oxygens (including phenoxy) is 1. The summed E-state index contributed by atoms with van der Waals surface area (Å²) >= 11 is 0. The lowest BCUT2D eigenvalue weighted by atomic mass is 9.45. The molecule has 4 aliphatic carbocycles. The first-order valence-corrected chi connectivity index (χ1v) is 9.90. The number of hydrogen-bond acceptors (Lipinski definition) is 5. The summed E-state index contributed by atoms with van der Waals surface area (Å²) in [4.78, 5) is 24.3. The Kier molecular flexibility index (Phi) is 3.95. The highest BCUT2D eigenvalue weighted by Gasteiger charge is 2.69. The number of ketones is 1. The van der Waals surface area contributed by atoms with E-state index in [0.29, 0.717) is 19.3 Å². The summed E-state index contributed by atoms with van der Waals surface area (Å²) in [7, 11) is 1.32. The van der Waals surface area contributed by atoms with E-state index in [1.54, 1.807) is 0 Å². The van der Waals surface area contributed by atoms with Crippen LogP contribution in [0, 0.1) is 28.6 Å². The van der Waals surface area contributed by atoms with Crippen LogP contribution in [0.25, 0.3) is 0 Å². The molecule has 0 aromatic heterocycles. The van der Waals surface area contributed by atoms with Gasteiger partial charge in [0, 0.05) is 11.8 Å². The molecule has 5 heteroatoms. The van der Waals surface area contributed by atoms with Crippen LogP contribution in [0.4, 0.5) is 0 Å². The van der Waals surface area contributed by atoms with Crippen molar-refractivity contribution in [3.05, 3.63) is 11.6 Å². The van der Waals surface area contributed by atoms with E-state index >= 15 is 0 Å². The van der Waals surface area contributed by atoms with Gasteiger partial charge in [-0.1, -0.05) is 19.4 Å². The fourth-order valence-electron chi connectivity index (χ4n) is 7.20. The molecule has 26 heavy (non-hydrogen) atoms. The Hall–Kier alpha value is -1.20. The third-order valence-corrected chi connectivity index (χ3v) is 8.57. The lowest BCUT2D eigenvalue weighted by Gasteiger charge is -2.60. The molecule has 0 spiro atoms. The zero-order valence-corrected chi connectivity index (χ0v) is 16.0. The minimum Gasteiger partial charge on any atom is -0.467 e. The van der Waals surface area contributed by atoms with Crippen LogP contribution in [0.1, 0.15) is 58.8 Å². The fraction of sp³-hybridized carbons (Fsp3) is 0.810. The van der Waals surface area contributed by atoms with E-state index in [1.807, 2.05) is 13.0 Å². The smallest absolute Gasteiger partial charge is 0.338 e. The first-order valence-electron chi connectivity index (χ1n) is 9.90. The van der Waals surface area contributed by atoms with Gasteiger partial charge >= 0.3 is 5.97 Å². The van der Waals surface area contributed by atoms with Crippen LogP contribution < -0.4 is 0 Å². The Balaban J connectivity index is 1.74. The molecule has 0 aliphatic heterocycles. The molecule has 0 aromatic carbocycles. The molecule has 4 rings (SSSR count). The van der Waals surface area contributed by atoms with Crippen LogP contribution in [0.5, 0.6) is 0 Å². The van der Waals surface area contributed by atoms with Gasteiger partial charge in [-0.2, -0.15) is 0 Å². The second kappa shape index (κ2) is 5.65. The van der Waals surface area contributed by atoms with Gasteiger partial charge in [-0.3, -0.25) is 4.79 Å². The number of rotatable bonds is 1. The minimum absolute atomic E-state index is 0.0914. The van der Waals surface area contributed by atoms with E-state index in [-0.39, 0.29) is 29.0 Å². The molecule has 7 atom stereocenters. The Morgan fingerprint density at radius 3 is 2.65 bits per heavy atom. The molecule has 4 aliphatic rings. The predicted octanol–water partition coefficient (Wildman–Crippen LogP) is 2.39. The predicted molar refractivity (Wildman–Crippen MR) is 95.1 cm³/mol. The van der Waals surface area contributed by atoms with Crippen LogP contribution in [0.15, 0.2) is 11.6 Å². The second-order valence-electron chi connectivity index (χ2n) is 9.47. The van der Waals surface area contributed by atoms with Crippen molar-refractivity contribution in [2.45, 2.75) is 70.5 Å². The topological polar surface area (TPSA) is 83.8 Å². The van der Waals surface area contributed by atoms with Gasteiger partial charge in [0.25, 0.3) is 0 Å². The van der Waals surface area contributed by atoms with Gasteiger partial charge in [0.2, 0.25) is 0 Å². The highest BCUT2D eigenvalue weighted by Crippen LogP contribution is 2.67. The SMILES string of the molecule is COC(=O)[C@@]1(O)CCC2C3CCC4=CC(=O)CCC4(C)C3C(O)CC21C. The Morgan fingerprint density at radius 1 is 1.23 bits per heavy atom. The molecule has 5 nitrogen and oxygen atoms in total. The van der Waals surface area contributed by atoms with Crippen molar-refractivity contribution in [1.29, 1.82) is 0 Å². The standard InChI is InChI=1S/C21H30O5/c1-19-8-6-13(22)10-12(19)4-5-14-15-7-9-21(25,18(24)26-3)20(15,2)11-16(23)17(14)19/h10,14-17,23,25H,4-9,11H2,1-3H3/t14?,15?,16?,17?,19?,20?,21-/m0/s1. The summed E-state index contributed by atoms with van der Waals surface area (Å²) in [5.74, 6) is 0.175. The molecule has 0 radical (unpaired) electrons. The van der Waals surface area contributed by atoms with Gasteiger partial charge in [0.15, 0.2) is 11.4 Å². The van der Waals surface area contributed by atoms with Gasteiger partial charge in [-0.25, -0.2) is 4.79 Å². The molecule has 3 saturated carbocycles. The molecular formula is C21H30O5. The van der Waals surface area contributed by atoms with Crippen molar-refractivity contribution in [2.75, 3.05) is 7.11 Å². The summed E-state index contributed by atoms with van der Waals surface area (Å²) in [6, 6.07) is 0. The van der Waals surface area contributed by atoms with Crippen molar-refractivity contribution in [1.82, 2.24) is 0 Å². The summed E-state index contributed by atoms with van der Waals surface area (Å²) in [6.45, 7) is 4.16. The second-order valence-corrected chi connectivity index (χ2v) is 9.47. The molecule has 0 saturated heterocycles. The number of carbonyl (C=O) groups is 2. The van der Waals surface area contributed by atoms with Crippen LogP contribution in [0.2, 0.25) is 0 Å². The zero-order valence-electron chi connectivity index (χ0n) is 16.0. The Labute approximate surface area is 154 Å². The van der Waals surface area contributed by atoms with Gasteiger partial charge in [0.05, 0.1) is 13.2 Å². The lowest BCUT2D eigenvalue weighted by Crippen LogP contribution is -2.61. The van der Waals surface area contributed by atoms with Gasteiger partial charge in [-0.05, 0) is 67.8 Å². The molecule has 0 aromatic rings. The van der Waals surface area contributed by atoms with Crippen LogP contribution in [0.3, 0.4) is 0 Å². The monoisotopic (exact) mass is 362 g/mol. The highest BCUT2D eigenvalue weighted by atomic mass is 16.5. The highest BCUT2D eigenvalue weighted by molar-refractivity contribution is 5.91. The first kappa shape index (κ1) is 18.2. The van der Waals surface area contributed by atoms with Crippen molar-refractivity contribution >= 4 is 11.8 Å². The van der Waals surface area contributed by atoms with E-state index in [0.717, 1.165) is 25.7 Å². The lowest BCUT2D eigenvalue weighted by molar-refractivity contribution is -0.197. The van der Waals surface area contributed by atoms with E-state index in [2.05, 4.69) is 6.92 Å². The third kappa shape index (κ3) is 2.10. The fourth-order valence-corrected chi connectivity index (χ4v) is 7.20. The number of carbonyl (C=O) groups excluding carboxylic acids is 2. The summed E-state index contributed by atoms with van der Waals surface area (Å²) in [5, 5.41) is 22.4. The van der Waals surface area contributed by atoms with Gasteiger partial charge in [0.1, 0.15) is 0 Å². The Bertz CT molecular complexity index is 684. The molecule has 144 valence electrons. The molecule has 2 N–H and O–H groups in total. The maximum atomic E-state index is 12.4. The van der Waals surface area contributed by atoms with Crippen LogP contribution in [-0.4, -0.2) is 40.8 Å². The molecule has 0 amide bonds. The average molecular weight is 362 g/mol. The van der Waals surface area contributed by atoms with E-state index in [4.69, 9.17) is 4.74 Å². The van der Waals surface area contributed by atoms with Gasteiger partial charge in [-0.15, -0.1) is 0 Å². The van der Waals surface area contributed by atoms with Crippen molar-refractivity contribution < 1.29 is 24.5 Å². The maximum absolute atomic E-state index is 12.4. The number of hydrogen-bond donors (Lipinski definition) is 2. The molecule has 0 heterocycles. The summed E-state index contributed by atoms with van der Waals surface area (Å²) in [5.41, 5.74) is -1.14. The van der Waals surface area contributed by atoms with Crippen molar-refractivity contribution in [3.63, 3.8) is 0 Å². The Morgan fingerprint density at radius 2 is 1.96 bits per heavy atom. The number of aliphatic hydroxyl groups excluding tert-OH is 1. The minimum atomic E-state index is -1.52. The van der Waals surface area contributed by atoms with Crippen molar-refractivity contribution in [3.8, 4) is 0 Å². The largest absolute Gasteiger partial charge is 0.467 e. The quantitative estimate of drug-likeness (QED) is 0.700. The number of methoxy groups -OCH3 is 1. The number of fused-ring (bicyclic) bond motifs is 5. The van der Waals surface area contributed by atoms with Crippen LogP contribution >= 0.6 is 0 Å². The number of aliphatic hydroxyl groups is 2. The van der Waals surface area contributed by atoms with Crippen LogP contribution in [-0.2, 0) is 14.3 Å². The van der Waals surface area contributed by atoms with Crippen molar-refractivity contribution in [2.24, 2.45) is 28.6 Å². The van der Waals surface area contributed by atoms with Gasteiger partial charge < -0.3 is 14.9 Å². The third-order valence-electron chi connectivity index (χ3n) is 8.57. The molecule has 0 bridgehead atoms. The molecular weight excluding hydrogens is 332 g/mol. The summed E-state index contributed by atoms with van der Waals surface area (Å²) in [6.07, 6.45) is 5.94. The molecule has 6 unspecified atom stereocenters. The first-order chi connectivity index (χ1) is 12.2. The zero-order chi connectivity index (χ0) is 18.9. The number of esters is 1.